The second-order valence-electron chi connectivity index (χ2n) is 2.52. The number of hydrogen-bond acceptors (Lipinski definition) is 4. The van der Waals surface area contributed by atoms with Gasteiger partial charge in [0, 0.05) is 12.5 Å². The highest BCUT2D eigenvalue weighted by atomic mass is 32.1. The number of nitrogens with one attached hydrogen (secondary N) is 1. The van der Waals surface area contributed by atoms with Crippen molar-refractivity contribution in [3.8, 4) is 0 Å². The summed E-state index contributed by atoms with van der Waals surface area (Å²) in [6, 6.07) is 0. The molecule has 0 saturated carbocycles. The summed E-state index contributed by atoms with van der Waals surface area (Å²) in [6.45, 7) is 3.13. The van der Waals surface area contributed by atoms with Crippen molar-refractivity contribution in [1.82, 2.24) is 5.32 Å². The fourth-order valence-electron chi connectivity index (χ4n) is 0.989. The topological polar surface area (TPSA) is 50.7 Å². The van der Waals surface area contributed by atoms with Crippen LogP contribution in [-0.4, -0.2) is 24.4 Å². The Kier molecular flexibility index (Phi) is 3.04. The van der Waals surface area contributed by atoms with Gasteiger partial charge in [0.25, 0.3) is 0 Å². The van der Waals surface area contributed by atoms with Crippen molar-refractivity contribution in [2.24, 2.45) is 11.1 Å². The van der Waals surface area contributed by atoms with E-state index in [0.29, 0.717) is 6.73 Å². The van der Waals surface area contributed by atoms with Gasteiger partial charge in [0.2, 0.25) is 0 Å². The van der Waals surface area contributed by atoms with Crippen LogP contribution in [0.25, 0.3) is 0 Å². The summed E-state index contributed by atoms with van der Waals surface area (Å²) in [4.78, 5) is 10.2. The summed E-state index contributed by atoms with van der Waals surface area (Å²) in [6.07, 6.45) is 0.0141. The molecular formula is C6H10N2O2S. The first-order chi connectivity index (χ1) is 5.25. The van der Waals surface area contributed by atoms with Gasteiger partial charge in [0.05, 0.1) is 12.8 Å². The van der Waals surface area contributed by atoms with Gasteiger partial charge in [0.15, 0.2) is 4.99 Å². The molecule has 0 radical (unpaired) electrons. The highest BCUT2D eigenvalue weighted by molar-refractivity contribution is 7.80. The fraction of sp³-hybridized carbons (Fsp3) is 0.833. The average Bonchev–Trinajstić information content (AvgIpc) is 2.53. The minimum Gasteiger partial charge on any atom is -0.361 e. The lowest BCUT2D eigenvalue weighted by Gasteiger charge is -2.13. The number of nitrogens with zero attached hydrogens (tertiary/aromatic N) is 1. The summed E-state index contributed by atoms with van der Waals surface area (Å²) >= 11 is 4.73. The number of rotatable bonds is 2. The Bertz CT molecular complexity index is 168. The van der Waals surface area contributed by atoms with Crippen LogP contribution in [0.3, 0.4) is 0 Å². The molecule has 4 nitrogen and oxygen atoms in total. The van der Waals surface area contributed by atoms with E-state index in [2.05, 4.69) is 10.5 Å². The molecule has 1 N–H and O–H groups in total. The summed E-state index contributed by atoms with van der Waals surface area (Å²) in [5.74, 6) is -0.0579. The van der Waals surface area contributed by atoms with E-state index in [1.807, 2.05) is 6.92 Å². The molecule has 2 atom stereocenters. The van der Waals surface area contributed by atoms with Crippen molar-refractivity contribution in [2.75, 3.05) is 13.3 Å². The van der Waals surface area contributed by atoms with Crippen LogP contribution in [0.15, 0.2) is 5.18 Å². The Morgan fingerprint density at radius 1 is 1.91 bits per heavy atom. The molecule has 0 spiro atoms. The largest absolute Gasteiger partial charge is 0.361 e. The number of nitroso groups, excluding NO2 is 1. The van der Waals surface area contributed by atoms with Crippen LogP contribution in [0.1, 0.15) is 6.92 Å². The van der Waals surface area contributed by atoms with Crippen molar-refractivity contribution < 1.29 is 4.74 Å². The normalized spacial score (nSPS) is 26.5. The van der Waals surface area contributed by atoms with Crippen LogP contribution >= 0.6 is 12.2 Å². The SMILES string of the molecule is CC(C(=S)N=O)C1CNCO1. The molecule has 1 heterocycles. The number of hydrogen-bond donors (Lipinski definition) is 1. The van der Waals surface area contributed by atoms with E-state index in [9.17, 15) is 4.91 Å². The van der Waals surface area contributed by atoms with Gasteiger partial charge in [-0.15, -0.1) is 4.91 Å². The zero-order valence-corrected chi connectivity index (χ0v) is 7.06. The van der Waals surface area contributed by atoms with E-state index < -0.39 is 0 Å². The standard InChI is InChI=1S/C6H10N2O2S/c1-4(6(11)8-9)5-2-7-3-10-5/h4-5,7H,2-3H2,1H3. The number of thiocarbonyl (C=S) groups is 1. The van der Waals surface area contributed by atoms with Gasteiger partial charge in [0.1, 0.15) is 0 Å². The molecule has 0 aromatic carbocycles. The van der Waals surface area contributed by atoms with Crippen molar-refractivity contribution in [1.29, 1.82) is 0 Å². The summed E-state index contributed by atoms with van der Waals surface area (Å²) in [5.41, 5.74) is 0. The molecule has 2 unspecified atom stereocenters. The monoisotopic (exact) mass is 174 g/mol. The molecule has 62 valence electrons. The van der Waals surface area contributed by atoms with Gasteiger partial charge in [-0.1, -0.05) is 19.1 Å². The highest BCUT2D eigenvalue weighted by Crippen LogP contribution is 2.12. The van der Waals surface area contributed by atoms with Gasteiger partial charge in [-0.2, -0.15) is 0 Å². The van der Waals surface area contributed by atoms with Gasteiger partial charge >= 0.3 is 0 Å². The van der Waals surface area contributed by atoms with Gasteiger partial charge in [-0.25, -0.2) is 0 Å². The number of ether oxygens (including phenoxy) is 1. The first-order valence-corrected chi connectivity index (χ1v) is 3.86. The maximum Gasteiger partial charge on any atom is 0.153 e. The van der Waals surface area contributed by atoms with E-state index in [1.54, 1.807) is 0 Å². The Morgan fingerprint density at radius 2 is 2.64 bits per heavy atom. The van der Waals surface area contributed by atoms with E-state index in [-0.39, 0.29) is 17.0 Å². The molecule has 0 amide bonds. The van der Waals surface area contributed by atoms with Crippen molar-refractivity contribution >= 4 is 17.2 Å². The lowest BCUT2D eigenvalue weighted by atomic mass is 10.1. The van der Waals surface area contributed by atoms with Crippen LogP contribution in [0.2, 0.25) is 0 Å². The Balaban J connectivity index is 2.45. The Hall–Kier alpha value is -0.390. The molecule has 11 heavy (non-hydrogen) atoms. The molecule has 1 saturated heterocycles. The summed E-state index contributed by atoms with van der Waals surface area (Å²) in [7, 11) is 0. The zero-order chi connectivity index (χ0) is 8.27. The van der Waals surface area contributed by atoms with Crippen molar-refractivity contribution in [2.45, 2.75) is 13.0 Å². The van der Waals surface area contributed by atoms with Crippen LogP contribution < -0.4 is 5.32 Å². The van der Waals surface area contributed by atoms with Gasteiger partial charge in [-0.3, -0.25) is 5.32 Å². The van der Waals surface area contributed by atoms with Gasteiger partial charge < -0.3 is 4.74 Å². The third-order valence-corrected chi connectivity index (χ3v) is 2.23. The molecule has 1 aliphatic heterocycles. The van der Waals surface area contributed by atoms with Crippen LogP contribution in [-0.2, 0) is 4.74 Å². The summed E-state index contributed by atoms with van der Waals surface area (Å²) in [5, 5.41) is 5.71. The highest BCUT2D eigenvalue weighted by Gasteiger charge is 2.25. The molecule has 0 aromatic heterocycles. The van der Waals surface area contributed by atoms with E-state index in [4.69, 9.17) is 17.0 Å². The van der Waals surface area contributed by atoms with E-state index in [1.165, 1.54) is 0 Å². The second kappa shape index (κ2) is 3.85. The third-order valence-electron chi connectivity index (χ3n) is 1.78. The third kappa shape index (κ3) is 2.02. The smallest absolute Gasteiger partial charge is 0.153 e. The molecule has 5 heteroatoms. The van der Waals surface area contributed by atoms with Crippen LogP contribution in [0.4, 0.5) is 0 Å². The van der Waals surface area contributed by atoms with Crippen LogP contribution in [0, 0.1) is 10.8 Å². The van der Waals surface area contributed by atoms with E-state index in [0.717, 1.165) is 6.54 Å². The first-order valence-electron chi connectivity index (χ1n) is 3.45. The maximum atomic E-state index is 10.0. The fourth-order valence-corrected chi connectivity index (χ4v) is 1.14. The maximum absolute atomic E-state index is 10.0. The predicted octanol–water partition coefficient (Wildman–Crippen LogP) is 0.662. The molecule has 1 fully saturated rings. The second-order valence-corrected chi connectivity index (χ2v) is 2.94. The van der Waals surface area contributed by atoms with Crippen molar-refractivity contribution in [3.63, 3.8) is 0 Å². The molecule has 0 aromatic rings. The average molecular weight is 174 g/mol. The van der Waals surface area contributed by atoms with Crippen LogP contribution in [0.5, 0.6) is 0 Å². The molecule has 0 aliphatic carbocycles. The predicted molar refractivity (Wildman–Crippen MR) is 45.3 cm³/mol. The summed E-state index contributed by atoms with van der Waals surface area (Å²) < 4.78 is 5.24. The molecule has 1 rings (SSSR count). The van der Waals surface area contributed by atoms with E-state index >= 15 is 0 Å². The quantitative estimate of drug-likeness (QED) is 0.493. The molecule has 1 aliphatic rings. The minimum atomic E-state index is -0.0579. The Labute approximate surface area is 70.3 Å². The lowest BCUT2D eigenvalue weighted by Crippen LogP contribution is -2.26. The molecular weight excluding hydrogens is 164 g/mol. The lowest BCUT2D eigenvalue weighted by molar-refractivity contribution is 0.0937. The van der Waals surface area contributed by atoms with Crippen molar-refractivity contribution in [3.05, 3.63) is 4.91 Å². The zero-order valence-electron chi connectivity index (χ0n) is 6.24. The Morgan fingerprint density at radius 3 is 3.09 bits per heavy atom. The first kappa shape index (κ1) is 8.70. The minimum absolute atomic E-state index is 0.0141. The molecule has 0 bridgehead atoms. The van der Waals surface area contributed by atoms with Gasteiger partial charge in [-0.05, 0) is 5.18 Å².